The fraction of sp³-hybridized carbons (Fsp3) is 0.640. The summed E-state index contributed by atoms with van der Waals surface area (Å²) in [5.74, 6) is 0.106. The monoisotopic (exact) mass is 444 g/mol. The first-order valence-corrected chi connectivity index (χ1v) is 12.0. The van der Waals surface area contributed by atoms with E-state index >= 15 is 0 Å². The average molecular weight is 445 g/mol. The van der Waals surface area contributed by atoms with E-state index in [0.717, 1.165) is 19.4 Å². The Morgan fingerprint density at radius 2 is 1.72 bits per heavy atom. The van der Waals surface area contributed by atoms with Crippen LogP contribution in [-0.4, -0.2) is 54.3 Å². The van der Waals surface area contributed by atoms with E-state index in [4.69, 9.17) is 5.73 Å². The maximum absolute atomic E-state index is 12.9. The van der Waals surface area contributed by atoms with Gasteiger partial charge in [-0.05, 0) is 63.1 Å². The van der Waals surface area contributed by atoms with E-state index < -0.39 is 0 Å². The molecule has 0 saturated heterocycles. The van der Waals surface area contributed by atoms with Crippen LogP contribution in [0.5, 0.6) is 0 Å². The van der Waals surface area contributed by atoms with Crippen molar-refractivity contribution in [1.82, 2.24) is 15.5 Å². The summed E-state index contributed by atoms with van der Waals surface area (Å²) in [5, 5.41) is 5.91. The van der Waals surface area contributed by atoms with Crippen LogP contribution >= 0.6 is 0 Å². The zero-order chi connectivity index (χ0) is 23.7. The van der Waals surface area contributed by atoms with Gasteiger partial charge in [0.15, 0.2) is 0 Å². The molecule has 3 amide bonds. The molecule has 4 N–H and O–H groups in total. The Hall–Kier alpha value is -2.41. The second kappa shape index (κ2) is 12.6. The van der Waals surface area contributed by atoms with Gasteiger partial charge in [0.05, 0.1) is 0 Å². The minimum atomic E-state index is -0.352. The largest absolute Gasteiger partial charge is 0.356 e. The molecule has 3 unspecified atom stereocenters. The summed E-state index contributed by atoms with van der Waals surface area (Å²) in [6.07, 6.45) is 4.65. The molecule has 3 atom stereocenters. The number of carbonyl (C=O) groups excluding carboxylic acids is 3. The molecule has 32 heavy (non-hydrogen) atoms. The van der Waals surface area contributed by atoms with E-state index in [0.29, 0.717) is 36.6 Å². The molecule has 1 aromatic rings. The van der Waals surface area contributed by atoms with Crippen molar-refractivity contribution >= 4 is 17.7 Å². The van der Waals surface area contributed by atoms with Gasteiger partial charge in [-0.2, -0.15) is 0 Å². The summed E-state index contributed by atoms with van der Waals surface area (Å²) < 4.78 is 0. The molecule has 178 valence electrons. The van der Waals surface area contributed by atoms with Gasteiger partial charge < -0.3 is 21.3 Å². The number of hydrogen-bond donors (Lipinski definition) is 3. The van der Waals surface area contributed by atoms with Crippen LogP contribution < -0.4 is 16.4 Å². The van der Waals surface area contributed by atoms with Crippen LogP contribution in [0.1, 0.15) is 80.5 Å². The lowest BCUT2D eigenvalue weighted by Gasteiger charge is -2.24. The van der Waals surface area contributed by atoms with Gasteiger partial charge in [0.1, 0.15) is 0 Å². The van der Waals surface area contributed by atoms with Crippen LogP contribution in [0.25, 0.3) is 0 Å². The number of nitrogens with two attached hydrogens (primary N) is 1. The normalized spacial score (nSPS) is 16.0. The molecule has 0 aliphatic heterocycles. The number of rotatable bonds is 13. The van der Waals surface area contributed by atoms with Gasteiger partial charge in [-0.15, -0.1) is 0 Å². The molecule has 1 fully saturated rings. The standard InChI is InChI=1S/C25H40N4O3/c1-5-12-29(13-6-2)25(32)21-9-7-8-20(15-21)24(31)28-18(4)22(26)14-17(3)23(30)27-16-19-10-11-19/h7-9,15,17-19,22H,5-6,10-14,16,26H2,1-4H3,(H,27,30)(H,28,31). The van der Waals surface area contributed by atoms with Crippen molar-refractivity contribution in [2.24, 2.45) is 17.6 Å². The highest BCUT2D eigenvalue weighted by Gasteiger charge is 2.25. The van der Waals surface area contributed by atoms with E-state index in [1.807, 2.05) is 32.6 Å². The van der Waals surface area contributed by atoms with Crippen molar-refractivity contribution in [3.63, 3.8) is 0 Å². The van der Waals surface area contributed by atoms with Crippen molar-refractivity contribution in [2.75, 3.05) is 19.6 Å². The Balaban J connectivity index is 1.92. The molecule has 0 spiro atoms. The highest BCUT2D eigenvalue weighted by molar-refractivity contribution is 5.99. The Morgan fingerprint density at radius 3 is 2.31 bits per heavy atom. The molecule has 0 heterocycles. The van der Waals surface area contributed by atoms with Gasteiger partial charge in [-0.1, -0.05) is 26.8 Å². The lowest BCUT2D eigenvalue weighted by molar-refractivity contribution is -0.124. The predicted molar refractivity (Wildman–Crippen MR) is 127 cm³/mol. The van der Waals surface area contributed by atoms with Crippen LogP contribution in [0, 0.1) is 11.8 Å². The van der Waals surface area contributed by atoms with E-state index in [9.17, 15) is 14.4 Å². The zero-order valence-electron chi connectivity index (χ0n) is 20.0. The predicted octanol–water partition coefficient (Wildman–Crippen LogP) is 2.95. The van der Waals surface area contributed by atoms with E-state index in [1.54, 1.807) is 24.3 Å². The van der Waals surface area contributed by atoms with Crippen molar-refractivity contribution in [1.29, 1.82) is 0 Å². The van der Waals surface area contributed by atoms with Gasteiger partial charge in [0.25, 0.3) is 11.8 Å². The quantitative estimate of drug-likeness (QED) is 0.435. The minimum Gasteiger partial charge on any atom is -0.356 e. The molecule has 0 radical (unpaired) electrons. The molecule has 1 aliphatic rings. The number of nitrogens with one attached hydrogen (secondary N) is 2. The van der Waals surface area contributed by atoms with Gasteiger partial charge >= 0.3 is 0 Å². The third-order valence-electron chi connectivity index (χ3n) is 5.98. The zero-order valence-corrected chi connectivity index (χ0v) is 20.0. The molecule has 1 saturated carbocycles. The lowest BCUT2D eigenvalue weighted by Crippen LogP contribution is -2.47. The molecule has 2 rings (SSSR count). The second-order valence-electron chi connectivity index (χ2n) is 9.12. The maximum atomic E-state index is 12.9. The van der Waals surface area contributed by atoms with Crippen LogP contribution in [0.15, 0.2) is 24.3 Å². The van der Waals surface area contributed by atoms with E-state index in [1.165, 1.54) is 12.8 Å². The Morgan fingerprint density at radius 1 is 1.09 bits per heavy atom. The van der Waals surface area contributed by atoms with Gasteiger partial charge in [-0.25, -0.2) is 0 Å². The molecular weight excluding hydrogens is 404 g/mol. The topological polar surface area (TPSA) is 105 Å². The lowest BCUT2D eigenvalue weighted by atomic mass is 9.96. The number of amides is 3. The Kier molecular flexibility index (Phi) is 10.2. The van der Waals surface area contributed by atoms with E-state index in [-0.39, 0.29) is 35.7 Å². The highest BCUT2D eigenvalue weighted by Crippen LogP contribution is 2.27. The molecule has 7 heteroatoms. The summed E-state index contributed by atoms with van der Waals surface area (Å²) in [5.41, 5.74) is 7.22. The summed E-state index contributed by atoms with van der Waals surface area (Å²) in [4.78, 5) is 39.7. The van der Waals surface area contributed by atoms with Crippen molar-refractivity contribution in [2.45, 2.75) is 71.9 Å². The first-order valence-electron chi connectivity index (χ1n) is 12.0. The first-order chi connectivity index (χ1) is 15.3. The third kappa shape index (κ3) is 7.93. The number of hydrogen-bond acceptors (Lipinski definition) is 4. The van der Waals surface area contributed by atoms with Crippen molar-refractivity contribution in [3.05, 3.63) is 35.4 Å². The van der Waals surface area contributed by atoms with Gasteiger partial charge in [-0.3, -0.25) is 14.4 Å². The molecule has 0 aromatic heterocycles. The van der Waals surface area contributed by atoms with Gasteiger partial charge in [0.2, 0.25) is 5.91 Å². The fourth-order valence-corrected chi connectivity index (χ4v) is 3.69. The molecule has 0 bridgehead atoms. The first kappa shape index (κ1) is 25.8. The molecular formula is C25H40N4O3. The summed E-state index contributed by atoms with van der Waals surface area (Å²) in [7, 11) is 0. The van der Waals surface area contributed by atoms with Crippen LogP contribution in [0.2, 0.25) is 0 Å². The van der Waals surface area contributed by atoms with Crippen molar-refractivity contribution < 1.29 is 14.4 Å². The van der Waals surface area contributed by atoms with Crippen molar-refractivity contribution in [3.8, 4) is 0 Å². The molecule has 1 aliphatic carbocycles. The van der Waals surface area contributed by atoms with Gasteiger partial charge in [0, 0.05) is 48.8 Å². The van der Waals surface area contributed by atoms with E-state index in [2.05, 4.69) is 10.6 Å². The Bertz CT molecular complexity index is 772. The summed E-state index contributed by atoms with van der Waals surface area (Å²) in [6.45, 7) is 9.93. The number of carbonyl (C=O) groups is 3. The average Bonchev–Trinajstić information content (AvgIpc) is 3.61. The summed E-state index contributed by atoms with van der Waals surface area (Å²) in [6, 6.07) is 6.15. The molecule has 1 aromatic carbocycles. The fourth-order valence-electron chi connectivity index (χ4n) is 3.69. The molecule has 7 nitrogen and oxygen atoms in total. The Labute approximate surface area is 192 Å². The maximum Gasteiger partial charge on any atom is 0.253 e. The smallest absolute Gasteiger partial charge is 0.253 e. The SMILES string of the molecule is CCCN(CCC)C(=O)c1cccc(C(=O)NC(C)C(N)CC(C)C(=O)NCC2CC2)c1. The number of benzene rings is 1. The number of nitrogens with zero attached hydrogens (tertiary/aromatic N) is 1. The summed E-state index contributed by atoms with van der Waals surface area (Å²) >= 11 is 0. The van der Waals surface area contributed by atoms with Crippen LogP contribution in [0.3, 0.4) is 0 Å². The minimum absolute atomic E-state index is 0.0146. The van der Waals surface area contributed by atoms with Crippen LogP contribution in [-0.2, 0) is 4.79 Å². The van der Waals surface area contributed by atoms with Crippen LogP contribution in [0.4, 0.5) is 0 Å². The third-order valence-corrected chi connectivity index (χ3v) is 5.98. The highest BCUT2D eigenvalue weighted by atomic mass is 16.2. The second-order valence-corrected chi connectivity index (χ2v) is 9.12.